The molecule has 1 aliphatic carbocycles. The number of thioether (sulfide) groups is 1. The Bertz CT molecular complexity index is 992. The number of nitrogens with one attached hydrogen (secondary N) is 2. The summed E-state index contributed by atoms with van der Waals surface area (Å²) in [5, 5.41) is 5.73. The normalized spacial score (nSPS) is 13.9. The third-order valence-corrected chi connectivity index (χ3v) is 5.95. The van der Waals surface area contributed by atoms with Gasteiger partial charge in [-0.2, -0.15) is 13.2 Å². The van der Waals surface area contributed by atoms with Gasteiger partial charge in [0.1, 0.15) is 5.03 Å². The van der Waals surface area contributed by atoms with Crippen molar-refractivity contribution in [3.63, 3.8) is 0 Å². The van der Waals surface area contributed by atoms with Crippen molar-refractivity contribution in [1.29, 1.82) is 0 Å². The predicted octanol–water partition coefficient (Wildman–Crippen LogP) is 5.45. The van der Waals surface area contributed by atoms with Gasteiger partial charge >= 0.3 is 6.18 Å². The third kappa shape index (κ3) is 7.12. The number of halogens is 3. The molecule has 170 valence electrons. The number of allylic oxidation sites excluding steroid dienone is 1. The lowest BCUT2D eigenvalue weighted by Crippen LogP contribution is -2.26. The van der Waals surface area contributed by atoms with Gasteiger partial charge < -0.3 is 10.6 Å². The zero-order valence-electron chi connectivity index (χ0n) is 17.4. The number of anilines is 1. The summed E-state index contributed by atoms with van der Waals surface area (Å²) < 4.78 is 38.5. The van der Waals surface area contributed by atoms with Gasteiger partial charge in [-0.3, -0.25) is 9.59 Å². The first-order chi connectivity index (χ1) is 15.3. The van der Waals surface area contributed by atoms with Crippen LogP contribution in [0.15, 0.2) is 59.3 Å². The fraction of sp³-hybridized carbons (Fsp3) is 0.348. The van der Waals surface area contributed by atoms with Gasteiger partial charge in [0, 0.05) is 18.4 Å². The first-order valence-electron chi connectivity index (χ1n) is 10.3. The molecular weight excluding hydrogens is 439 g/mol. The highest BCUT2D eigenvalue weighted by atomic mass is 32.2. The minimum Gasteiger partial charge on any atom is -0.352 e. The topological polar surface area (TPSA) is 71.1 Å². The fourth-order valence-corrected chi connectivity index (χ4v) is 4.14. The van der Waals surface area contributed by atoms with Crippen molar-refractivity contribution < 1.29 is 22.8 Å². The standard InChI is InChI=1S/C23H24F3N3O2S/c24-23(25,26)17-8-4-9-18(14-17)29-20(30)15-32-22-19(10-5-12-28-22)21(31)27-13-11-16-6-2-1-3-7-16/h4-6,8-10,12,14H,1-3,7,11,13,15H2,(H,27,31)(H,29,30). The van der Waals surface area contributed by atoms with Gasteiger partial charge in [0.2, 0.25) is 5.91 Å². The molecule has 3 rings (SSSR count). The molecule has 0 radical (unpaired) electrons. The SMILES string of the molecule is O=C(CSc1ncccc1C(=O)NCCC1=CCCCC1)Nc1cccc(C(F)(F)F)c1. The lowest BCUT2D eigenvalue weighted by molar-refractivity contribution is -0.137. The van der Waals surface area contributed by atoms with E-state index in [9.17, 15) is 22.8 Å². The van der Waals surface area contributed by atoms with Crippen molar-refractivity contribution in [3.05, 3.63) is 65.4 Å². The molecule has 1 heterocycles. The molecule has 9 heteroatoms. The number of nitrogens with zero attached hydrogens (tertiary/aromatic N) is 1. The van der Waals surface area contributed by atoms with Crippen molar-refractivity contribution in [2.75, 3.05) is 17.6 Å². The highest BCUT2D eigenvalue weighted by molar-refractivity contribution is 8.00. The largest absolute Gasteiger partial charge is 0.416 e. The van der Waals surface area contributed by atoms with E-state index in [-0.39, 0.29) is 17.3 Å². The average Bonchev–Trinajstić information content (AvgIpc) is 2.78. The van der Waals surface area contributed by atoms with Crippen molar-refractivity contribution >= 4 is 29.3 Å². The number of amides is 2. The van der Waals surface area contributed by atoms with Crippen LogP contribution in [0.5, 0.6) is 0 Å². The number of alkyl halides is 3. The van der Waals surface area contributed by atoms with E-state index in [1.54, 1.807) is 12.1 Å². The van der Waals surface area contributed by atoms with Crippen LogP contribution in [0, 0.1) is 0 Å². The predicted molar refractivity (Wildman–Crippen MR) is 119 cm³/mol. The number of hydrogen-bond donors (Lipinski definition) is 2. The Kier molecular flexibility index (Phi) is 8.33. The fourth-order valence-electron chi connectivity index (χ4n) is 3.35. The summed E-state index contributed by atoms with van der Waals surface area (Å²) in [7, 11) is 0. The van der Waals surface area contributed by atoms with Crippen molar-refractivity contribution in [2.24, 2.45) is 0 Å². The van der Waals surface area contributed by atoms with E-state index in [1.807, 2.05) is 0 Å². The molecule has 2 aromatic rings. The second-order valence-corrected chi connectivity index (χ2v) is 8.35. The molecule has 0 saturated heterocycles. The Labute approximate surface area is 188 Å². The van der Waals surface area contributed by atoms with Crippen molar-refractivity contribution in [1.82, 2.24) is 10.3 Å². The van der Waals surface area contributed by atoms with Gasteiger partial charge in [-0.1, -0.05) is 29.5 Å². The lowest BCUT2D eigenvalue weighted by atomic mass is 9.97. The second-order valence-electron chi connectivity index (χ2n) is 7.39. The van der Waals surface area contributed by atoms with Gasteiger partial charge in [-0.15, -0.1) is 0 Å². The molecule has 2 amide bonds. The molecular formula is C23H24F3N3O2S. The molecule has 0 bridgehead atoms. The summed E-state index contributed by atoms with van der Waals surface area (Å²) in [6.07, 6.45) is 4.66. The van der Waals surface area contributed by atoms with Crippen LogP contribution in [0.4, 0.5) is 18.9 Å². The Morgan fingerprint density at radius 1 is 1.12 bits per heavy atom. The van der Waals surface area contributed by atoms with Gasteiger partial charge in [0.15, 0.2) is 0 Å². The molecule has 1 aliphatic rings. The molecule has 0 spiro atoms. The first kappa shape index (κ1) is 23.8. The van der Waals surface area contributed by atoms with Gasteiger partial charge in [0.05, 0.1) is 16.9 Å². The van der Waals surface area contributed by atoms with Crippen LogP contribution in [0.2, 0.25) is 0 Å². The van der Waals surface area contributed by atoms with E-state index in [0.717, 1.165) is 43.2 Å². The van der Waals surface area contributed by atoms with E-state index >= 15 is 0 Å². The number of pyridine rings is 1. The summed E-state index contributed by atoms with van der Waals surface area (Å²) in [5.41, 5.74) is 0.947. The van der Waals surface area contributed by atoms with Crippen LogP contribution in [-0.2, 0) is 11.0 Å². The quantitative estimate of drug-likeness (QED) is 0.403. The number of benzene rings is 1. The molecule has 1 aromatic carbocycles. The Hall–Kier alpha value is -2.81. The zero-order chi connectivity index (χ0) is 23.0. The number of carbonyl (C=O) groups is 2. The third-order valence-electron chi connectivity index (χ3n) is 4.95. The monoisotopic (exact) mass is 463 g/mol. The summed E-state index contributed by atoms with van der Waals surface area (Å²) in [5.74, 6) is -0.855. The van der Waals surface area contributed by atoms with Gasteiger partial charge in [-0.25, -0.2) is 4.98 Å². The zero-order valence-corrected chi connectivity index (χ0v) is 18.2. The Balaban J connectivity index is 1.53. The van der Waals surface area contributed by atoms with Crippen LogP contribution in [0.1, 0.15) is 48.0 Å². The minimum absolute atomic E-state index is 0.0569. The molecule has 2 N–H and O–H groups in total. The van der Waals surface area contributed by atoms with Gasteiger partial charge in [-0.05, 0) is 62.4 Å². The molecule has 0 unspecified atom stereocenters. The maximum absolute atomic E-state index is 12.8. The molecule has 5 nitrogen and oxygen atoms in total. The highest BCUT2D eigenvalue weighted by Crippen LogP contribution is 2.30. The summed E-state index contributed by atoms with van der Waals surface area (Å²) in [4.78, 5) is 29.0. The van der Waals surface area contributed by atoms with E-state index in [4.69, 9.17) is 0 Å². The number of carbonyl (C=O) groups excluding carboxylic acids is 2. The molecule has 0 saturated carbocycles. The first-order valence-corrected chi connectivity index (χ1v) is 11.3. The minimum atomic E-state index is -4.49. The van der Waals surface area contributed by atoms with E-state index in [1.165, 1.54) is 36.7 Å². The van der Waals surface area contributed by atoms with Crippen LogP contribution in [-0.4, -0.2) is 29.1 Å². The van der Waals surface area contributed by atoms with Crippen molar-refractivity contribution in [3.8, 4) is 0 Å². The summed E-state index contributed by atoms with van der Waals surface area (Å²) in [6.45, 7) is 0.527. The summed E-state index contributed by atoms with van der Waals surface area (Å²) in [6, 6.07) is 7.72. The highest BCUT2D eigenvalue weighted by Gasteiger charge is 2.30. The van der Waals surface area contributed by atoms with E-state index in [2.05, 4.69) is 21.7 Å². The maximum atomic E-state index is 12.8. The molecule has 0 aliphatic heterocycles. The number of hydrogen-bond acceptors (Lipinski definition) is 4. The van der Waals surface area contributed by atoms with Crippen LogP contribution in [0.25, 0.3) is 0 Å². The van der Waals surface area contributed by atoms with Crippen LogP contribution >= 0.6 is 11.8 Å². The molecule has 0 fully saturated rings. The second kappa shape index (κ2) is 11.2. The van der Waals surface area contributed by atoms with E-state index < -0.39 is 17.6 Å². The van der Waals surface area contributed by atoms with Crippen molar-refractivity contribution in [2.45, 2.75) is 43.3 Å². The Morgan fingerprint density at radius 3 is 2.72 bits per heavy atom. The number of rotatable bonds is 8. The van der Waals surface area contributed by atoms with E-state index in [0.29, 0.717) is 17.1 Å². The number of aromatic nitrogens is 1. The molecule has 1 aromatic heterocycles. The van der Waals surface area contributed by atoms with Crippen LogP contribution in [0.3, 0.4) is 0 Å². The maximum Gasteiger partial charge on any atom is 0.416 e. The Morgan fingerprint density at radius 2 is 1.97 bits per heavy atom. The lowest BCUT2D eigenvalue weighted by Gasteiger charge is -2.13. The van der Waals surface area contributed by atoms with Crippen LogP contribution < -0.4 is 10.6 Å². The summed E-state index contributed by atoms with van der Waals surface area (Å²) >= 11 is 1.06. The average molecular weight is 464 g/mol. The smallest absolute Gasteiger partial charge is 0.352 e. The molecule has 32 heavy (non-hydrogen) atoms. The molecule has 0 atom stereocenters. The van der Waals surface area contributed by atoms with Gasteiger partial charge in [0.25, 0.3) is 5.91 Å².